The molecule has 0 amide bonds. The van der Waals surface area contributed by atoms with E-state index in [2.05, 4.69) is 93.4 Å². The van der Waals surface area contributed by atoms with Crippen LogP contribution < -0.4 is 0 Å². The van der Waals surface area contributed by atoms with Crippen LogP contribution in [0.4, 0.5) is 0 Å². The second kappa shape index (κ2) is 10.3. The van der Waals surface area contributed by atoms with Crippen molar-refractivity contribution < 1.29 is 0 Å². The molecule has 2 aromatic rings. The Balaban J connectivity index is 1.29. The van der Waals surface area contributed by atoms with Gasteiger partial charge in [0.05, 0.1) is 0 Å². The lowest BCUT2D eigenvalue weighted by Gasteiger charge is -2.45. The van der Waals surface area contributed by atoms with Crippen molar-refractivity contribution in [3.63, 3.8) is 0 Å². The third-order valence-corrected chi connectivity index (χ3v) is 11.7. The molecule has 0 bridgehead atoms. The molecular weight excluding hydrogens is 433 g/mol. The molecular formula is C34H48BN. The van der Waals surface area contributed by atoms with E-state index in [1.165, 1.54) is 51.4 Å². The second-order valence-electron chi connectivity index (χ2n) is 13.6. The summed E-state index contributed by atoms with van der Waals surface area (Å²) in [5.41, 5.74) is 3.24. The van der Waals surface area contributed by atoms with E-state index in [9.17, 15) is 0 Å². The van der Waals surface area contributed by atoms with Crippen LogP contribution in [0.15, 0.2) is 60.7 Å². The van der Waals surface area contributed by atoms with Crippen LogP contribution in [0.2, 0.25) is 11.6 Å². The van der Waals surface area contributed by atoms with Crippen molar-refractivity contribution >= 4 is 6.85 Å². The molecule has 4 fully saturated rings. The van der Waals surface area contributed by atoms with Gasteiger partial charge in [-0.05, 0) is 110 Å². The first kappa shape index (κ1) is 24.8. The first-order chi connectivity index (χ1) is 17.5. The third kappa shape index (κ3) is 4.30. The van der Waals surface area contributed by atoms with E-state index in [1.807, 2.05) is 0 Å². The lowest BCUT2D eigenvalue weighted by Crippen LogP contribution is -2.48. The molecule has 6 rings (SSSR count). The maximum atomic E-state index is 2.71. The fourth-order valence-corrected chi connectivity index (χ4v) is 10.6. The molecule has 0 N–H and O–H groups in total. The van der Waals surface area contributed by atoms with E-state index in [4.69, 9.17) is 0 Å². The molecule has 2 aromatic carbocycles. The predicted octanol–water partition coefficient (Wildman–Crippen LogP) is 8.76. The quantitative estimate of drug-likeness (QED) is 0.386. The van der Waals surface area contributed by atoms with Gasteiger partial charge in [0.15, 0.2) is 0 Å². The van der Waals surface area contributed by atoms with Crippen LogP contribution in [-0.2, 0) is 0 Å². The van der Waals surface area contributed by atoms with Crippen molar-refractivity contribution in [1.29, 1.82) is 0 Å². The van der Waals surface area contributed by atoms with Gasteiger partial charge in [0.2, 0.25) is 6.85 Å². The maximum absolute atomic E-state index is 2.71. The summed E-state index contributed by atoms with van der Waals surface area (Å²) in [5.74, 6) is 8.57. The molecule has 36 heavy (non-hydrogen) atoms. The second-order valence-corrected chi connectivity index (χ2v) is 13.6. The number of hydrogen-bond donors (Lipinski definition) is 0. The Morgan fingerprint density at radius 2 is 1.00 bits per heavy atom. The minimum Gasteiger partial charge on any atom is -0.347 e. The molecule has 2 heteroatoms. The minimum absolute atomic E-state index is 0.740. The molecule has 0 aromatic heterocycles. The summed E-state index contributed by atoms with van der Waals surface area (Å²) in [4.78, 5) is 2.71. The molecule has 0 spiro atoms. The molecule has 4 aliphatic rings. The fourth-order valence-electron chi connectivity index (χ4n) is 10.6. The van der Waals surface area contributed by atoms with Crippen LogP contribution in [0.3, 0.4) is 0 Å². The molecule has 1 nitrogen and oxygen atoms in total. The Hall–Kier alpha value is -1.54. The summed E-state index contributed by atoms with van der Waals surface area (Å²) in [6.07, 6.45) is 11.5. The van der Waals surface area contributed by atoms with Gasteiger partial charge in [-0.1, -0.05) is 100 Å². The predicted molar refractivity (Wildman–Crippen MR) is 155 cm³/mol. The summed E-state index contributed by atoms with van der Waals surface area (Å²) in [6.45, 7) is 6.00. The Bertz CT molecular complexity index is 911. The highest BCUT2D eigenvalue weighted by Crippen LogP contribution is 2.64. The fraction of sp³-hybridized carbons (Fsp3) is 0.647. The molecule has 0 saturated heterocycles. The Morgan fingerprint density at radius 1 is 0.583 bits per heavy atom. The molecule has 10 unspecified atom stereocenters. The summed E-state index contributed by atoms with van der Waals surface area (Å²) < 4.78 is 0. The zero-order chi connectivity index (χ0) is 24.8. The first-order valence-corrected chi connectivity index (χ1v) is 15.3. The Labute approximate surface area is 221 Å². The van der Waals surface area contributed by atoms with Crippen LogP contribution in [0, 0.1) is 35.5 Å². The zero-order valence-corrected chi connectivity index (χ0v) is 23.2. The zero-order valence-electron chi connectivity index (χ0n) is 23.2. The van der Waals surface area contributed by atoms with Gasteiger partial charge in [-0.25, -0.2) is 0 Å². The van der Waals surface area contributed by atoms with Gasteiger partial charge in [0.25, 0.3) is 0 Å². The van der Waals surface area contributed by atoms with Crippen molar-refractivity contribution in [2.75, 3.05) is 14.1 Å². The maximum Gasteiger partial charge on any atom is 0.230 e. The van der Waals surface area contributed by atoms with Gasteiger partial charge in [0, 0.05) is 0 Å². The number of fused-ring (bicyclic) bond motifs is 2. The standard InChI is InChI=1S/C34H48BN/c1-23-21-31-27(25-13-7-5-8-14-25)17-11-19-29(31)33(23)35(36(3)4)34-24(2)22-32-28(18-12-20-30(32)34)26-15-9-6-10-16-26/h5-10,13-16,23-24,27-34H,11-12,17-22H2,1-4H3. The SMILES string of the molecule is CC1CC2C(c3ccccc3)CCCC2C1B(C1C(C)CC2C(c3ccccc3)CCCC21)N(C)C. The minimum atomic E-state index is 0.740. The lowest BCUT2D eigenvalue weighted by molar-refractivity contribution is 0.224. The number of hydrogen-bond acceptors (Lipinski definition) is 1. The summed E-state index contributed by atoms with van der Waals surface area (Å²) in [7, 11) is 4.86. The van der Waals surface area contributed by atoms with E-state index >= 15 is 0 Å². The van der Waals surface area contributed by atoms with Crippen LogP contribution in [-0.4, -0.2) is 25.8 Å². The van der Waals surface area contributed by atoms with Crippen LogP contribution >= 0.6 is 0 Å². The average Bonchev–Trinajstić information content (AvgIpc) is 3.41. The van der Waals surface area contributed by atoms with Crippen molar-refractivity contribution in [2.45, 2.75) is 88.7 Å². The van der Waals surface area contributed by atoms with Crippen molar-refractivity contribution in [1.82, 2.24) is 4.81 Å². The molecule has 0 aliphatic heterocycles. The van der Waals surface area contributed by atoms with Gasteiger partial charge < -0.3 is 4.81 Å². The van der Waals surface area contributed by atoms with Crippen LogP contribution in [0.25, 0.3) is 0 Å². The number of nitrogens with zero attached hydrogens (tertiary/aromatic N) is 1. The molecule has 192 valence electrons. The van der Waals surface area contributed by atoms with Gasteiger partial charge >= 0.3 is 0 Å². The number of benzene rings is 2. The number of rotatable bonds is 5. The summed E-state index contributed by atoms with van der Waals surface area (Å²) >= 11 is 0. The van der Waals surface area contributed by atoms with Gasteiger partial charge in [0.1, 0.15) is 0 Å². The molecule has 4 aliphatic carbocycles. The summed E-state index contributed by atoms with van der Waals surface area (Å²) in [5, 5.41) is 0. The van der Waals surface area contributed by atoms with E-state index in [-0.39, 0.29) is 0 Å². The van der Waals surface area contributed by atoms with Crippen molar-refractivity contribution in [3.05, 3.63) is 71.8 Å². The normalized spacial score (nSPS) is 40.1. The molecule has 0 radical (unpaired) electrons. The Kier molecular flexibility index (Phi) is 7.10. The van der Waals surface area contributed by atoms with E-state index < -0.39 is 0 Å². The average molecular weight is 482 g/mol. The van der Waals surface area contributed by atoms with Gasteiger partial charge in [-0.2, -0.15) is 0 Å². The highest BCUT2D eigenvalue weighted by Gasteiger charge is 2.57. The van der Waals surface area contributed by atoms with E-state index in [0.29, 0.717) is 0 Å². The molecule has 4 saturated carbocycles. The van der Waals surface area contributed by atoms with Crippen molar-refractivity contribution in [3.8, 4) is 0 Å². The van der Waals surface area contributed by atoms with Gasteiger partial charge in [-0.3, -0.25) is 0 Å². The van der Waals surface area contributed by atoms with Crippen molar-refractivity contribution in [2.24, 2.45) is 35.5 Å². The highest BCUT2D eigenvalue weighted by molar-refractivity contribution is 6.59. The monoisotopic (exact) mass is 481 g/mol. The Morgan fingerprint density at radius 3 is 1.39 bits per heavy atom. The van der Waals surface area contributed by atoms with Crippen LogP contribution in [0.1, 0.15) is 88.2 Å². The largest absolute Gasteiger partial charge is 0.347 e. The smallest absolute Gasteiger partial charge is 0.230 e. The summed E-state index contributed by atoms with van der Waals surface area (Å²) in [6, 6.07) is 23.1. The molecule has 10 atom stereocenters. The van der Waals surface area contributed by atoms with E-state index in [0.717, 1.165) is 65.8 Å². The first-order valence-electron chi connectivity index (χ1n) is 15.3. The van der Waals surface area contributed by atoms with Gasteiger partial charge in [-0.15, -0.1) is 0 Å². The van der Waals surface area contributed by atoms with E-state index in [1.54, 1.807) is 11.1 Å². The molecule has 0 heterocycles. The topological polar surface area (TPSA) is 3.24 Å². The lowest BCUT2D eigenvalue weighted by atomic mass is 9.34. The van der Waals surface area contributed by atoms with Crippen LogP contribution in [0.5, 0.6) is 0 Å². The highest BCUT2D eigenvalue weighted by atomic mass is 15.0. The third-order valence-electron chi connectivity index (χ3n) is 11.7.